The molecule has 0 fully saturated rings. The molecule has 2 aromatic rings. The Morgan fingerprint density at radius 1 is 1.17 bits per heavy atom. The summed E-state index contributed by atoms with van der Waals surface area (Å²) in [5, 5.41) is 8.94. The Morgan fingerprint density at radius 2 is 1.79 bits per heavy atom. The summed E-state index contributed by atoms with van der Waals surface area (Å²) in [6.45, 7) is 0. The van der Waals surface area contributed by atoms with Crippen LogP contribution >= 0.6 is 67.8 Å². The number of carbonyl (C=O) groups is 1. The van der Waals surface area contributed by atoms with Gasteiger partial charge < -0.3 is 20.3 Å². The van der Waals surface area contributed by atoms with Crippen LogP contribution in [0.4, 0.5) is 0 Å². The van der Waals surface area contributed by atoms with Gasteiger partial charge in [-0.1, -0.05) is 0 Å². The molecule has 0 aliphatic rings. The van der Waals surface area contributed by atoms with Gasteiger partial charge in [-0.2, -0.15) is 0 Å². The Kier molecular flexibility index (Phi) is 7.37. The van der Waals surface area contributed by atoms with Crippen molar-refractivity contribution in [3.8, 4) is 17.2 Å². The molecule has 1 atom stereocenters. The number of rotatable bonds is 6. The third-order valence-corrected chi connectivity index (χ3v) is 5.62. The number of aliphatic carboxylic acids is 1. The largest absolute Gasteiger partial charge is 0.496 e. The lowest BCUT2D eigenvalue weighted by molar-refractivity contribution is -0.138. The first kappa shape index (κ1) is 20.0. The predicted octanol–water partition coefficient (Wildman–Crippen LogP) is 4.26. The fourth-order valence-corrected chi connectivity index (χ4v) is 4.82. The van der Waals surface area contributed by atoms with Crippen LogP contribution in [0, 0.1) is 10.7 Å². The van der Waals surface area contributed by atoms with Crippen molar-refractivity contribution >= 4 is 73.7 Å². The molecule has 0 unspecified atom stereocenters. The Hall–Kier alpha value is -0.340. The molecule has 0 aliphatic heterocycles. The lowest BCUT2D eigenvalue weighted by Gasteiger charge is -2.14. The maximum Gasteiger partial charge on any atom is 0.320 e. The van der Waals surface area contributed by atoms with Gasteiger partial charge in [-0.3, -0.25) is 4.79 Å². The summed E-state index contributed by atoms with van der Waals surface area (Å²) >= 11 is 6.55. The Labute approximate surface area is 180 Å². The van der Waals surface area contributed by atoms with Crippen molar-refractivity contribution in [2.24, 2.45) is 5.73 Å². The molecule has 8 heteroatoms. The van der Waals surface area contributed by atoms with E-state index in [1.165, 1.54) is 0 Å². The van der Waals surface area contributed by atoms with E-state index in [0.717, 1.165) is 27.8 Å². The van der Waals surface area contributed by atoms with E-state index in [-0.39, 0.29) is 6.42 Å². The second-order valence-corrected chi connectivity index (χ2v) is 8.42. The zero-order valence-electron chi connectivity index (χ0n) is 12.6. The number of carboxylic acid groups (broad SMARTS) is 1. The van der Waals surface area contributed by atoms with Gasteiger partial charge >= 0.3 is 5.97 Å². The van der Waals surface area contributed by atoms with Crippen molar-refractivity contribution in [2.75, 3.05) is 7.11 Å². The smallest absolute Gasteiger partial charge is 0.320 e. The summed E-state index contributed by atoms with van der Waals surface area (Å²) in [5.41, 5.74) is 6.48. The van der Waals surface area contributed by atoms with Crippen LogP contribution in [0.5, 0.6) is 17.2 Å². The third-order valence-electron chi connectivity index (χ3n) is 3.17. The van der Waals surface area contributed by atoms with Crippen LogP contribution in [0.1, 0.15) is 5.56 Å². The highest BCUT2D eigenvalue weighted by atomic mass is 127. The van der Waals surface area contributed by atoms with E-state index < -0.39 is 12.0 Å². The molecule has 24 heavy (non-hydrogen) atoms. The Balaban J connectivity index is 2.25. The molecule has 0 saturated heterocycles. The van der Waals surface area contributed by atoms with Crippen molar-refractivity contribution in [3.63, 3.8) is 0 Å². The molecule has 0 bridgehead atoms. The van der Waals surface area contributed by atoms with Crippen LogP contribution in [0.25, 0.3) is 0 Å². The molecule has 2 aromatic carbocycles. The highest BCUT2D eigenvalue weighted by Crippen LogP contribution is 2.35. The molecule has 128 valence electrons. The highest BCUT2D eigenvalue weighted by Gasteiger charge is 2.16. The molecule has 0 aromatic heterocycles. The molecule has 0 radical (unpaired) electrons. The maximum atomic E-state index is 10.9. The molecule has 0 amide bonds. The lowest BCUT2D eigenvalue weighted by atomic mass is 10.1. The van der Waals surface area contributed by atoms with Crippen LogP contribution in [-0.2, 0) is 11.2 Å². The number of hydrogen-bond donors (Lipinski definition) is 2. The van der Waals surface area contributed by atoms with Gasteiger partial charge in [0.15, 0.2) is 5.75 Å². The fraction of sp³-hybridized carbons (Fsp3) is 0.188. The van der Waals surface area contributed by atoms with Gasteiger partial charge in [0.1, 0.15) is 17.5 Å². The Bertz CT molecular complexity index is 744. The molecule has 5 nitrogen and oxygen atoms in total. The normalized spacial score (nSPS) is 11.9. The zero-order chi connectivity index (χ0) is 17.9. The number of halogens is 3. The van der Waals surface area contributed by atoms with Crippen molar-refractivity contribution in [1.29, 1.82) is 0 Å². The quantitative estimate of drug-likeness (QED) is 0.452. The average Bonchev–Trinajstić information content (AvgIpc) is 2.51. The van der Waals surface area contributed by atoms with Gasteiger partial charge in [-0.15, -0.1) is 0 Å². The van der Waals surface area contributed by atoms with E-state index in [1.807, 2.05) is 30.3 Å². The molecule has 0 heterocycles. The summed E-state index contributed by atoms with van der Waals surface area (Å²) < 4.78 is 14.0. The molecule has 0 aliphatic carbocycles. The maximum absolute atomic E-state index is 10.9. The first-order valence-corrected chi connectivity index (χ1v) is 10.0. The number of ether oxygens (including phenoxy) is 2. The minimum Gasteiger partial charge on any atom is -0.496 e. The number of hydrogen-bond acceptors (Lipinski definition) is 4. The van der Waals surface area contributed by atoms with Gasteiger partial charge in [0.2, 0.25) is 0 Å². The number of benzene rings is 2. The summed E-state index contributed by atoms with van der Waals surface area (Å²) in [6, 6.07) is 8.50. The first-order valence-electron chi connectivity index (χ1n) is 6.79. The molecule has 2 rings (SSSR count). The molecular weight excluding hydrogens is 651 g/mol. The van der Waals surface area contributed by atoms with Crippen LogP contribution in [0.15, 0.2) is 30.3 Å². The standard InChI is InChI=1S/C16H14I3NO4/c1-23-14-3-2-9(7-10(14)17)24-15-11(18)4-8(5-12(15)19)6-13(20)16(21)22/h2-5,7,13H,6,20H2,1H3,(H,21,22)/t13-/m0/s1. The second kappa shape index (κ2) is 8.85. The molecule has 0 spiro atoms. The van der Waals surface area contributed by atoms with Crippen LogP contribution in [0.2, 0.25) is 0 Å². The number of nitrogens with two attached hydrogens (primary N) is 1. The monoisotopic (exact) mass is 665 g/mol. The average molecular weight is 665 g/mol. The number of carboxylic acids is 1. The topological polar surface area (TPSA) is 81.8 Å². The summed E-state index contributed by atoms with van der Waals surface area (Å²) in [4.78, 5) is 10.9. The lowest BCUT2D eigenvalue weighted by Crippen LogP contribution is -2.32. The van der Waals surface area contributed by atoms with Crippen LogP contribution in [0.3, 0.4) is 0 Å². The zero-order valence-corrected chi connectivity index (χ0v) is 19.0. The van der Waals surface area contributed by atoms with Gasteiger partial charge in [0.25, 0.3) is 0 Å². The minimum atomic E-state index is -1.01. The van der Waals surface area contributed by atoms with Crippen molar-refractivity contribution in [3.05, 3.63) is 46.6 Å². The van der Waals surface area contributed by atoms with Gasteiger partial charge in [-0.25, -0.2) is 0 Å². The first-order chi connectivity index (χ1) is 11.3. The van der Waals surface area contributed by atoms with Gasteiger partial charge in [0.05, 0.1) is 17.8 Å². The van der Waals surface area contributed by atoms with E-state index in [0.29, 0.717) is 5.75 Å². The fourth-order valence-electron chi connectivity index (χ4n) is 2.00. The molecule has 0 saturated carbocycles. The second-order valence-electron chi connectivity index (χ2n) is 4.94. The summed E-state index contributed by atoms with van der Waals surface area (Å²) in [7, 11) is 1.63. The van der Waals surface area contributed by atoms with E-state index in [9.17, 15) is 4.79 Å². The highest BCUT2D eigenvalue weighted by molar-refractivity contribution is 14.1. The molecule has 3 N–H and O–H groups in total. The van der Waals surface area contributed by atoms with Gasteiger partial charge in [-0.05, 0) is 110 Å². The van der Waals surface area contributed by atoms with Crippen LogP contribution < -0.4 is 15.2 Å². The van der Waals surface area contributed by atoms with Gasteiger partial charge in [0, 0.05) is 0 Å². The van der Waals surface area contributed by atoms with E-state index in [1.54, 1.807) is 7.11 Å². The summed E-state index contributed by atoms with van der Waals surface area (Å²) in [5.74, 6) is 1.24. The SMILES string of the molecule is COc1ccc(Oc2c(I)cc(C[C@H](N)C(=O)O)cc2I)cc1I. The number of methoxy groups -OCH3 is 1. The predicted molar refractivity (Wildman–Crippen MR) is 117 cm³/mol. The van der Waals surface area contributed by atoms with Crippen molar-refractivity contribution in [2.45, 2.75) is 12.5 Å². The van der Waals surface area contributed by atoms with Crippen molar-refractivity contribution < 1.29 is 19.4 Å². The Morgan fingerprint density at radius 3 is 2.29 bits per heavy atom. The van der Waals surface area contributed by atoms with E-state index in [4.69, 9.17) is 20.3 Å². The third kappa shape index (κ3) is 5.08. The minimum absolute atomic E-state index is 0.280. The van der Waals surface area contributed by atoms with Crippen LogP contribution in [-0.4, -0.2) is 24.2 Å². The summed E-state index contributed by atoms with van der Waals surface area (Å²) in [6.07, 6.45) is 0.280. The van der Waals surface area contributed by atoms with Crippen molar-refractivity contribution in [1.82, 2.24) is 0 Å². The van der Waals surface area contributed by atoms with E-state index in [2.05, 4.69) is 67.8 Å². The van der Waals surface area contributed by atoms with E-state index >= 15 is 0 Å². The molecular formula is C16H14I3NO4.